The highest BCUT2D eigenvalue weighted by Gasteiger charge is 1.96. The summed E-state index contributed by atoms with van der Waals surface area (Å²) in [5, 5.41) is 11.5. The Morgan fingerprint density at radius 3 is 3.21 bits per heavy atom. The fourth-order valence-electron chi connectivity index (χ4n) is 0.925. The van der Waals surface area contributed by atoms with Gasteiger partial charge in [-0.05, 0) is 18.4 Å². The lowest BCUT2D eigenvalue weighted by molar-refractivity contribution is 0.511. The van der Waals surface area contributed by atoms with Crippen LogP contribution in [-0.4, -0.2) is 18.0 Å². The molecule has 0 fully saturated rings. The molecular formula is C9H11N3OS. The van der Waals surface area contributed by atoms with Gasteiger partial charge in [0.2, 0.25) is 0 Å². The Balaban J connectivity index is 2.35. The van der Waals surface area contributed by atoms with Gasteiger partial charge in [-0.15, -0.1) is 0 Å². The second-order valence-electron chi connectivity index (χ2n) is 2.46. The molecule has 0 radical (unpaired) electrons. The predicted molar refractivity (Wildman–Crippen MR) is 57.0 cm³/mol. The number of furan rings is 1. The van der Waals surface area contributed by atoms with Crippen LogP contribution in [0.15, 0.2) is 27.8 Å². The summed E-state index contributed by atoms with van der Waals surface area (Å²) in [5.41, 5.74) is 0. The number of nitrogens with zero attached hydrogens (tertiary/aromatic N) is 2. The lowest BCUT2D eigenvalue weighted by atomic mass is 10.3. The summed E-state index contributed by atoms with van der Waals surface area (Å²) in [4.78, 5) is 4.19. The topological polar surface area (TPSA) is 61.3 Å². The second kappa shape index (κ2) is 6.11. The standard InChI is InChI=1S/C9H11N3OS/c1-14-9(12-7-10)11-5-4-8-3-2-6-13-8/h2-3,6H,4-5H2,1H3,(H,11,12). The molecule has 1 aromatic rings. The van der Waals surface area contributed by atoms with Crippen LogP contribution < -0.4 is 5.32 Å². The van der Waals surface area contributed by atoms with E-state index in [0.29, 0.717) is 11.7 Å². The summed E-state index contributed by atoms with van der Waals surface area (Å²) >= 11 is 1.42. The van der Waals surface area contributed by atoms with Gasteiger partial charge in [-0.25, -0.2) is 0 Å². The third-order valence-electron chi connectivity index (χ3n) is 1.55. The fraction of sp³-hybridized carbons (Fsp3) is 0.333. The maximum Gasteiger partial charge on any atom is 0.183 e. The van der Waals surface area contributed by atoms with Crippen LogP contribution in [0.1, 0.15) is 5.76 Å². The molecule has 0 amide bonds. The van der Waals surface area contributed by atoms with Crippen molar-refractivity contribution in [3.63, 3.8) is 0 Å². The van der Waals surface area contributed by atoms with Gasteiger partial charge in [0.25, 0.3) is 0 Å². The zero-order valence-corrected chi connectivity index (χ0v) is 8.67. The minimum Gasteiger partial charge on any atom is -0.469 e. The first kappa shape index (κ1) is 10.7. The van der Waals surface area contributed by atoms with Gasteiger partial charge in [0.05, 0.1) is 6.26 Å². The van der Waals surface area contributed by atoms with E-state index in [2.05, 4.69) is 10.3 Å². The largest absolute Gasteiger partial charge is 0.469 e. The van der Waals surface area contributed by atoms with E-state index < -0.39 is 0 Å². The first-order valence-corrected chi connectivity index (χ1v) is 5.35. The minimum atomic E-state index is 0.623. The number of hydrogen-bond acceptors (Lipinski definition) is 4. The van der Waals surface area contributed by atoms with E-state index in [4.69, 9.17) is 9.68 Å². The van der Waals surface area contributed by atoms with E-state index in [1.165, 1.54) is 11.8 Å². The number of amidine groups is 1. The molecule has 0 aliphatic rings. The molecule has 1 heterocycles. The smallest absolute Gasteiger partial charge is 0.183 e. The van der Waals surface area contributed by atoms with E-state index in [0.717, 1.165) is 12.2 Å². The summed E-state index contributed by atoms with van der Waals surface area (Å²) in [6.45, 7) is 0.623. The van der Waals surface area contributed by atoms with Crippen LogP contribution in [0.3, 0.4) is 0 Å². The molecule has 0 atom stereocenters. The zero-order valence-electron chi connectivity index (χ0n) is 7.86. The lowest BCUT2D eigenvalue weighted by Crippen LogP contribution is -2.13. The second-order valence-corrected chi connectivity index (χ2v) is 3.25. The predicted octanol–water partition coefficient (Wildman–Crippen LogP) is 1.61. The Labute approximate surface area is 87.0 Å². The molecule has 4 nitrogen and oxygen atoms in total. The van der Waals surface area contributed by atoms with E-state index in [-0.39, 0.29) is 0 Å². The summed E-state index contributed by atoms with van der Waals surface area (Å²) < 4.78 is 5.15. The Bertz CT molecular complexity index is 326. The van der Waals surface area contributed by atoms with Crippen LogP contribution in [-0.2, 0) is 6.42 Å². The molecule has 74 valence electrons. The van der Waals surface area contributed by atoms with Gasteiger partial charge < -0.3 is 4.42 Å². The van der Waals surface area contributed by atoms with Gasteiger partial charge in [-0.2, -0.15) is 5.26 Å². The van der Waals surface area contributed by atoms with Crippen molar-refractivity contribution in [2.75, 3.05) is 12.8 Å². The van der Waals surface area contributed by atoms with Crippen molar-refractivity contribution in [2.45, 2.75) is 6.42 Å². The van der Waals surface area contributed by atoms with Crippen molar-refractivity contribution in [3.05, 3.63) is 24.2 Å². The molecule has 5 heteroatoms. The molecule has 0 aromatic carbocycles. The van der Waals surface area contributed by atoms with E-state index >= 15 is 0 Å². The average Bonchev–Trinajstić information content (AvgIpc) is 2.69. The number of rotatable bonds is 3. The normalized spacial score (nSPS) is 11.0. The number of aliphatic imine (C=N–C) groups is 1. The molecule has 1 rings (SSSR count). The van der Waals surface area contributed by atoms with Gasteiger partial charge in [0.15, 0.2) is 11.4 Å². The monoisotopic (exact) mass is 209 g/mol. The molecule has 0 spiro atoms. The van der Waals surface area contributed by atoms with Crippen LogP contribution in [0.4, 0.5) is 0 Å². The first-order chi connectivity index (χ1) is 6.86. The summed E-state index contributed by atoms with van der Waals surface area (Å²) in [5.74, 6) is 0.908. The SMILES string of the molecule is CSC(=NCCc1ccco1)NC#N. The molecule has 1 N–H and O–H groups in total. The molecule has 0 unspecified atom stereocenters. The molecule has 0 aliphatic heterocycles. The van der Waals surface area contributed by atoms with Crippen LogP contribution >= 0.6 is 11.8 Å². The number of thioether (sulfide) groups is 1. The van der Waals surface area contributed by atoms with Crippen molar-refractivity contribution < 1.29 is 4.42 Å². The van der Waals surface area contributed by atoms with E-state index in [9.17, 15) is 0 Å². The molecule has 14 heavy (non-hydrogen) atoms. The Hall–Kier alpha value is -1.41. The first-order valence-electron chi connectivity index (χ1n) is 4.12. The average molecular weight is 209 g/mol. The van der Waals surface area contributed by atoms with Crippen LogP contribution in [0.5, 0.6) is 0 Å². The summed E-state index contributed by atoms with van der Waals surface area (Å²) in [7, 11) is 0. The van der Waals surface area contributed by atoms with Crippen molar-refractivity contribution in [3.8, 4) is 6.19 Å². The van der Waals surface area contributed by atoms with Crippen molar-refractivity contribution in [2.24, 2.45) is 4.99 Å². The highest BCUT2D eigenvalue weighted by atomic mass is 32.2. The highest BCUT2D eigenvalue weighted by molar-refractivity contribution is 8.13. The van der Waals surface area contributed by atoms with Crippen LogP contribution in [0.2, 0.25) is 0 Å². The summed E-state index contributed by atoms with van der Waals surface area (Å²) in [6, 6.07) is 3.76. The molecule has 1 aromatic heterocycles. The zero-order chi connectivity index (χ0) is 10.2. The van der Waals surface area contributed by atoms with Gasteiger partial charge >= 0.3 is 0 Å². The third kappa shape index (κ3) is 3.54. The summed E-state index contributed by atoms with van der Waals surface area (Å²) in [6.07, 6.45) is 6.10. The minimum absolute atomic E-state index is 0.623. The number of nitriles is 1. The van der Waals surface area contributed by atoms with Crippen molar-refractivity contribution in [1.29, 1.82) is 5.26 Å². The number of nitrogens with one attached hydrogen (secondary N) is 1. The molecule has 0 saturated heterocycles. The third-order valence-corrected chi connectivity index (χ3v) is 2.17. The number of hydrogen-bond donors (Lipinski definition) is 1. The Morgan fingerprint density at radius 2 is 2.64 bits per heavy atom. The van der Waals surface area contributed by atoms with Gasteiger partial charge in [-0.3, -0.25) is 10.3 Å². The Kier molecular flexibility index (Phi) is 4.65. The molecule has 0 aliphatic carbocycles. The van der Waals surface area contributed by atoms with E-state index in [1.54, 1.807) is 6.26 Å². The molecule has 0 bridgehead atoms. The van der Waals surface area contributed by atoms with Crippen LogP contribution in [0.25, 0.3) is 0 Å². The van der Waals surface area contributed by atoms with E-state index in [1.807, 2.05) is 24.6 Å². The van der Waals surface area contributed by atoms with Gasteiger partial charge in [-0.1, -0.05) is 11.8 Å². The Morgan fingerprint density at radius 1 is 1.79 bits per heavy atom. The molecule has 0 saturated carbocycles. The lowest BCUT2D eigenvalue weighted by Gasteiger charge is -1.98. The quantitative estimate of drug-likeness (QED) is 0.355. The van der Waals surface area contributed by atoms with Gasteiger partial charge in [0.1, 0.15) is 5.76 Å². The maximum atomic E-state index is 8.38. The highest BCUT2D eigenvalue weighted by Crippen LogP contribution is 2.02. The van der Waals surface area contributed by atoms with Crippen LogP contribution in [0, 0.1) is 11.5 Å². The fourth-order valence-corrected chi connectivity index (χ4v) is 1.29. The van der Waals surface area contributed by atoms with Gasteiger partial charge in [0, 0.05) is 13.0 Å². The molecular weight excluding hydrogens is 198 g/mol. The van der Waals surface area contributed by atoms with Crippen molar-refractivity contribution in [1.82, 2.24) is 5.32 Å². The van der Waals surface area contributed by atoms with Crippen molar-refractivity contribution >= 4 is 16.9 Å². The maximum absolute atomic E-state index is 8.38.